The van der Waals surface area contributed by atoms with Gasteiger partial charge in [0.25, 0.3) is 5.91 Å². The number of amides is 1. The molecule has 1 atom stereocenters. The zero-order chi connectivity index (χ0) is 24.9. The molecule has 35 heavy (non-hydrogen) atoms. The minimum Gasteiger partial charge on any atom is -0.494 e. The lowest BCUT2D eigenvalue weighted by Crippen LogP contribution is -2.29. The quantitative estimate of drug-likeness (QED) is 0.317. The summed E-state index contributed by atoms with van der Waals surface area (Å²) < 4.78 is 51.6. The zero-order valence-electron chi connectivity index (χ0n) is 18.2. The second kappa shape index (κ2) is 8.46. The van der Waals surface area contributed by atoms with Crippen LogP contribution in [0.15, 0.2) is 75.9 Å². The molecular formula is C26H17ClF3NO4. The van der Waals surface area contributed by atoms with Crippen molar-refractivity contribution in [1.82, 2.24) is 0 Å². The van der Waals surface area contributed by atoms with Gasteiger partial charge in [0.2, 0.25) is 5.76 Å². The summed E-state index contributed by atoms with van der Waals surface area (Å²) >= 11 is 6.08. The van der Waals surface area contributed by atoms with Gasteiger partial charge in [0, 0.05) is 10.7 Å². The minimum atomic E-state index is -4.61. The fourth-order valence-electron chi connectivity index (χ4n) is 4.27. The third-order valence-electron chi connectivity index (χ3n) is 5.79. The summed E-state index contributed by atoms with van der Waals surface area (Å²) in [6.07, 6.45) is -4.61. The van der Waals surface area contributed by atoms with Gasteiger partial charge < -0.3 is 9.15 Å². The molecule has 0 saturated carbocycles. The molecule has 4 aromatic rings. The monoisotopic (exact) mass is 499 g/mol. The van der Waals surface area contributed by atoms with E-state index in [-0.39, 0.29) is 28.0 Å². The van der Waals surface area contributed by atoms with Crippen LogP contribution in [0.3, 0.4) is 0 Å². The molecule has 5 nitrogen and oxygen atoms in total. The van der Waals surface area contributed by atoms with Crippen LogP contribution in [0, 0.1) is 0 Å². The number of carbonyl (C=O) groups excluding carboxylic acids is 1. The highest BCUT2D eigenvalue weighted by Gasteiger charge is 2.44. The number of carbonyl (C=O) groups is 1. The number of fused-ring (bicyclic) bond motifs is 2. The Morgan fingerprint density at radius 3 is 2.46 bits per heavy atom. The highest BCUT2D eigenvalue weighted by atomic mass is 35.5. The van der Waals surface area contributed by atoms with Crippen LogP contribution in [0.1, 0.15) is 40.2 Å². The van der Waals surface area contributed by atoms with Crippen LogP contribution < -0.4 is 15.1 Å². The van der Waals surface area contributed by atoms with Crippen molar-refractivity contribution in [2.75, 3.05) is 11.5 Å². The molecule has 0 aliphatic carbocycles. The molecule has 0 radical (unpaired) electrons. The molecular weight excluding hydrogens is 483 g/mol. The highest BCUT2D eigenvalue weighted by Crippen LogP contribution is 2.43. The Bertz CT molecular complexity index is 1510. The summed E-state index contributed by atoms with van der Waals surface area (Å²) in [5.74, 6) is -0.364. The molecule has 2 heterocycles. The maximum Gasteiger partial charge on any atom is 0.416 e. The fraction of sp³-hybridized carbons (Fsp3) is 0.154. The van der Waals surface area contributed by atoms with E-state index in [9.17, 15) is 22.8 Å². The van der Waals surface area contributed by atoms with Gasteiger partial charge >= 0.3 is 6.18 Å². The van der Waals surface area contributed by atoms with E-state index in [1.165, 1.54) is 30.3 Å². The van der Waals surface area contributed by atoms with Gasteiger partial charge in [-0.1, -0.05) is 29.8 Å². The molecule has 0 spiro atoms. The van der Waals surface area contributed by atoms with E-state index in [2.05, 4.69) is 0 Å². The number of hydrogen-bond acceptors (Lipinski definition) is 4. The summed E-state index contributed by atoms with van der Waals surface area (Å²) in [4.78, 5) is 28.3. The maximum atomic E-state index is 13.6. The van der Waals surface area contributed by atoms with Crippen molar-refractivity contribution >= 4 is 34.2 Å². The minimum absolute atomic E-state index is 0.0170. The van der Waals surface area contributed by atoms with Gasteiger partial charge in [-0.05, 0) is 61.0 Å². The first kappa shape index (κ1) is 23.0. The highest BCUT2D eigenvalue weighted by molar-refractivity contribution is 6.31. The molecule has 5 rings (SSSR count). The first-order valence-corrected chi connectivity index (χ1v) is 11.1. The summed E-state index contributed by atoms with van der Waals surface area (Å²) in [6, 6.07) is 14.5. The molecule has 1 amide bonds. The number of nitrogens with zero attached hydrogens (tertiary/aromatic N) is 1. The van der Waals surface area contributed by atoms with E-state index in [0.29, 0.717) is 22.9 Å². The number of benzene rings is 3. The molecule has 0 fully saturated rings. The molecule has 9 heteroatoms. The van der Waals surface area contributed by atoms with Crippen LogP contribution in [0.5, 0.6) is 5.75 Å². The second-order valence-corrected chi connectivity index (χ2v) is 8.38. The van der Waals surface area contributed by atoms with Gasteiger partial charge in [0.05, 0.1) is 29.2 Å². The van der Waals surface area contributed by atoms with Gasteiger partial charge in [-0.25, -0.2) is 0 Å². The van der Waals surface area contributed by atoms with Crippen LogP contribution in [0.2, 0.25) is 5.02 Å². The Hall–Kier alpha value is -3.78. The molecule has 178 valence electrons. The maximum absolute atomic E-state index is 13.6. The Kier molecular flexibility index (Phi) is 5.56. The largest absolute Gasteiger partial charge is 0.494 e. The summed E-state index contributed by atoms with van der Waals surface area (Å²) in [6.45, 7) is 2.27. The smallest absolute Gasteiger partial charge is 0.416 e. The van der Waals surface area contributed by atoms with Crippen molar-refractivity contribution in [3.8, 4) is 5.75 Å². The van der Waals surface area contributed by atoms with Crippen LogP contribution in [0.4, 0.5) is 18.9 Å². The number of alkyl halides is 3. The van der Waals surface area contributed by atoms with E-state index in [1.807, 2.05) is 6.92 Å². The standard InChI is InChI=1S/C26H17ClF3NO4/c1-2-34-18-9-6-14(7-10-18)22-21-23(32)19-13-16(27)8-11-20(19)35-24(21)25(33)31(22)17-5-3-4-15(12-17)26(28,29)30/h3-13,22H,2H2,1H3. The predicted molar refractivity (Wildman–Crippen MR) is 125 cm³/mol. The normalized spacial score (nSPS) is 15.5. The molecule has 0 saturated heterocycles. The van der Waals surface area contributed by atoms with Crippen LogP contribution >= 0.6 is 11.6 Å². The molecule has 1 aliphatic rings. The molecule has 1 unspecified atom stereocenters. The molecule has 1 aliphatic heterocycles. The molecule has 0 bridgehead atoms. The molecule has 3 aromatic carbocycles. The number of ether oxygens (including phenoxy) is 1. The van der Waals surface area contributed by atoms with Crippen molar-refractivity contribution in [3.63, 3.8) is 0 Å². The Balaban J connectivity index is 1.76. The first-order valence-electron chi connectivity index (χ1n) is 10.7. The summed E-state index contributed by atoms with van der Waals surface area (Å²) in [7, 11) is 0. The predicted octanol–water partition coefficient (Wildman–Crippen LogP) is 6.61. The van der Waals surface area contributed by atoms with E-state index in [0.717, 1.165) is 17.0 Å². The lowest BCUT2D eigenvalue weighted by Gasteiger charge is -2.26. The van der Waals surface area contributed by atoms with Crippen LogP contribution in [-0.4, -0.2) is 12.5 Å². The SMILES string of the molecule is CCOc1ccc(C2c3c(oc4ccc(Cl)cc4c3=O)C(=O)N2c2cccc(C(F)(F)F)c2)cc1. The van der Waals surface area contributed by atoms with Crippen molar-refractivity contribution in [3.05, 3.63) is 104 Å². The van der Waals surface area contributed by atoms with Gasteiger partial charge in [0.1, 0.15) is 11.3 Å². The zero-order valence-corrected chi connectivity index (χ0v) is 19.0. The molecule has 0 N–H and O–H groups in total. The van der Waals surface area contributed by atoms with Crippen LogP contribution in [0.25, 0.3) is 11.0 Å². The van der Waals surface area contributed by atoms with E-state index < -0.39 is 29.1 Å². The van der Waals surface area contributed by atoms with Crippen LogP contribution in [-0.2, 0) is 6.18 Å². The number of rotatable bonds is 4. The summed E-state index contributed by atoms with van der Waals surface area (Å²) in [5, 5.41) is 0.479. The molecule has 1 aromatic heterocycles. The van der Waals surface area contributed by atoms with Gasteiger partial charge in [-0.3, -0.25) is 14.5 Å². The van der Waals surface area contributed by atoms with Crippen molar-refractivity contribution in [2.24, 2.45) is 0 Å². The average molecular weight is 500 g/mol. The van der Waals surface area contributed by atoms with Gasteiger partial charge in [0.15, 0.2) is 5.43 Å². The van der Waals surface area contributed by atoms with Gasteiger partial charge in [-0.2, -0.15) is 13.2 Å². The van der Waals surface area contributed by atoms with Gasteiger partial charge in [-0.15, -0.1) is 0 Å². The number of anilines is 1. The lowest BCUT2D eigenvalue weighted by atomic mass is 9.98. The summed E-state index contributed by atoms with van der Waals surface area (Å²) in [5.41, 5.74) is -0.719. The van der Waals surface area contributed by atoms with E-state index in [4.69, 9.17) is 20.8 Å². The Morgan fingerprint density at radius 1 is 1.03 bits per heavy atom. The van der Waals surface area contributed by atoms with Crippen molar-refractivity contribution in [1.29, 1.82) is 0 Å². The van der Waals surface area contributed by atoms with Crippen molar-refractivity contribution in [2.45, 2.75) is 19.1 Å². The third-order valence-corrected chi connectivity index (χ3v) is 6.03. The first-order chi connectivity index (χ1) is 16.7. The Morgan fingerprint density at radius 2 is 1.77 bits per heavy atom. The topological polar surface area (TPSA) is 59.8 Å². The number of hydrogen-bond donors (Lipinski definition) is 0. The second-order valence-electron chi connectivity index (χ2n) is 7.94. The van der Waals surface area contributed by atoms with E-state index in [1.54, 1.807) is 24.3 Å². The fourth-order valence-corrected chi connectivity index (χ4v) is 4.44. The van der Waals surface area contributed by atoms with E-state index >= 15 is 0 Å². The Labute approximate surface area is 202 Å². The number of halogens is 4. The van der Waals surface area contributed by atoms with Crippen molar-refractivity contribution < 1.29 is 27.1 Å². The lowest BCUT2D eigenvalue weighted by molar-refractivity contribution is -0.137. The average Bonchev–Trinajstić information content (AvgIpc) is 3.12. The third kappa shape index (κ3) is 3.93.